The molecule has 0 bridgehead atoms. The summed E-state index contributed by atoms with van der Waals surface area (Å²) >= 11 is 12.0. The SMILES string of the molecule is O=C1c2ccccc2CCC1Cc1ccc(Cl)c(Cl)c1. The van der Waals surface area contributed by atoms with E-state index < -0.39 is 0 Å². The van der Waals surface area contributed by atoms with Crippen molar-refractivity contribution < 1.29 is 4.79 Å². The third kappa shape index (κ3) is 2.61. The van der Waals surface area contributed by atoms with Gasteiger partial charge in [0.25, 0.3) is 0 Å². The number of carbonyl (C=O) groups is 1. The molecule has 0 saturated carbocycles. The van der Waals surface area contributed by atoms with Crippen molar-refractivity contribution in [3.63, 3.8) is 0 Å². The van der Waals surface area contributed by atoms with E-state index in [1.807, 2.05) is 36.4 Å². The van der Waals surface area contributed by atoms with Crippen molar-refractivity contribution in [1.29, 1.82) is 0 Å². The fourth-order valence-electron chi connectivity index (χ4n) is 2.81. The summed E-state index contributed by atoms with van der Waals surface area (Å²) in [6.45, 7) is 0. The van der Waals surface area contributed by atoms with Crippen LogP contribution in [0.4, 0.5) is 0 Å². The van der Waals surface area contributed by atoms with Crippen LogP contribution in [0.5, 0.6) is 0 Å². The Morgan fingerprint density at radius 1 is 1.05 bits per heavy atom. The van der Waals surface area contributed by atoms with E-state index in [9.17, 15) is 4.79 Å². The number of hydrogen-bond donors (Lipinski definition) is 0. The average Bonchev–Trinajstić information content (AvgIpc) is 2.46. The Balaban J connectivity index is 1.83. The largest absolute Gasteiger partial charge is 0.294 e. The van der Waals surface area contributed by atoms with Crippen LogP contribution >= 0.6 is 23.2 Å². The van der Waals surface area contributed by atoms with Crippen molar-refractivity contribution in [1.82, 2.24) is 0 Å². The lowest BCUT2D eigenvalue weighted by Gasteiger charge is -2.23. The van der Waals surface area contributed by atoms with Gasteiger partial charge >= 0.3 is 0 Å². The van der Waals surface area contributed by atoms with Crippen LogP contribution in [-0.2, 0) is 12.8 Å². The van der Waals surface area contributed by atoms with E-state index in [0.717, 1.165) is 30.4 Å². The predicted molar refractivity (Wildman–Crippen MR) is 82.7 cm³/mol. The monoisotopic (exact) mass is 304 g/mol. The first-order chi connectivity index (χ1) is 9.65. The van der Waals surface area contributed by atoms with Gasteiger partial charge in [-0.25, -0.2) is 0 Å². The standard InChI is InChI=1S/C17H14Cl2O/c18-15-8-5-11(10-16(15)19)9-13-7-6-12-3-1-2-4-14(12)17(13)20/h1-5,8,10,13H,6-7,9H2. The van der Waals surface area contributed by atoms with Crippen LogP contribution in [0.3, 0.4) is 0 Å². The van der Waals surface area contributed by atoms with E-state index in [1.165, 1.54) is 5.56 Å². The van der Waals surface area contributed by atoms with E-state index in [-0.39, 0.29) is 11.7 Å². The Labute approximate surface area is 128 Å². The summed E-state index contributed by atoms with van der Waals surface area (Å²) in [5.41, 5.74) is 3.11. The van der Waals surface area contributed by atoms with Crippen LogP contribution in [0.25, 0.3) is 0 Å². The maximum absolute atomic E-state index is 12.5. The Morgan fingerprint density at radius 3 is 2.65 bits per heavy atom. The molecule has 1 nitrogen and oxygen atoms in total. The molecule has 1 aliphatic rings. The van der Waals surface area contributed by atoms with Crippen molar-refractivity contribution in [2.75, 3.05) is 0 Å². The molecule has 1 atom stereocenters. The van der Waals surface area contributed by atoms with Crippen molar-refractivity contribution in [2.45, 2.75) is 19.3 Å². The zero-order chi connectivity index (χ0) is 14.1. The van der Waals surface area contributed by atoms with E-state index in [4.69, 9.17) is 23.2 Å². The smallest absolute Gasteiger partial charge is 0.166 e. The quantitative estimate of drug-likeness (QED) is 0.764. The molecule has 20 heavy (non-hydrogen) atoms. The van der Waals surface area contributed by atoms with Gasteiger partial charge in [-0.2, -0.15) is 0 Å². The summed E-state index contributed by atoms with van der Waals surface area (Å²) in [6.07, 6.45) is 2.59. The summed E-state index contributed by atoms with van der Waals surface area (Å²) in [5, 5.41) is 1.10. The predicted octanol–water partition coefficient (Wildman–Crippen LogP) is 4.98. The van der Waals surface area contributed by atoms with Gasteiger partial charge in [0.1, 0.15) is 0 Å². The summed E-state index contributed by atoms with van der Waals surface area (Å²) < 4.78 is 0. The first-order valence-electron chi connectivity index (χ1n) is 6.71. The van der Waals surface area contributed by atoms with Crippen LogP contribution in [0.2, 0.25) is 10.0 Å². The normalized spacial score (nSPS) is 17.9. The minimum Gasteiger partial charge on any atom is -0.294 e. The zero-order valence-corrected chi connectivity index (χ0v) is 12.4. The average molecular weight is 305 g/mol. The van der Waals surface area contributed by atoms with Gasteiger partial charge in [0, 0.05) is 11.5 Å². The van der Waals surface area contributed by atoms with Crippen molar-refractivity contribution >= 4 is 29.0 Å². The molecule has 1 unspecified atom stereocenters. The van der Waals surface area contributed by atoms with Gasteiger partial charge in [-0.05, 0) is 42.5 Å². The molecule has 0 radical (unpaired) electrons. The first-order valence-corrected chi connectivity index (χ1v) is 7.47. The summed E-state index contributed by atoms with van der Waals surface area (Å²) in [4.78, 5) is 12.5. The van der Waals surface area contributed by atoms with Crippen LogP contribution in [0.15, 0.2) is 42.5 Å². The van der Waals surface area contributed by atoms with Crippen molar-refractivity contribution in [3.05, 3.63) is 69.2 Å². The Morgan fingerprint density at radius 2 is 1.85 bits per heavy atom. The van der Waals surface area contributed by atoms with Crippen molar-refractivity contribution in [2.24, 2.45) is 5.92 Å². The molecule has 0 fully saturated rings. The van der Waals surface area contributed by atoms with E-state index in [1.54, 1.807) is 6.07 Å². The van der Waals surface area contributed by atoms with Crippen LogP contribution in [-0.4, -0.2) is 5.78 Å². The second-order valence-electron chi connectivity index (χ2n) is 5.21. The van der Waals surface area contributed by atoms with Gasteiger partial charge < -0.3 is 0 Å². The summed E-state index contributed by atoms with van der Waals surface area (Å²) in [7, 11) is 0. The molecule has 0 heterocycles. The minimum absolute atomic E-state index is 0.0437. The molecule has 1 aliphatic carbocycles. The first kappa shape index (κ1) is 13.7. The lowest BCUT2D eigenvalue weighted by Crippen LogP contribution is -2.24. The molecule has 0 N–H and O–H groups in total. The van der Waals surface area contributed by atoms with E-state index >= 15 is 0 Å². The molecule has 0 saturated heterocycles. The van der Waals surface area contributed by atoms with Crippen LogP contribution < -0.4 is 0 Å². The van der Waals surface area contributed by atoms with Crippen LogP contribution in [0, 0.1) is 5.92 Å². The molecular formula is C17H14Cl2O. The highest BCUT2D eigenvalue weighted by molar-refractivity contribution is 6.42. The van der Waals surface area contributed by atoms with Gasteiger partial charge in [0.05, 0.1) is 10.0 Å². The number of aryl methyl sites for hydroxylation is 1. The number of ketones is 1. The maximum atomic E-state index is 12.5. The van der Waals surface area contributed by atoms with Gasteiger partial charge in [-0.15, -0.1) is 0 Å². The molecule has 3 rings (SSSR count). The molecule has 0 amide bonds. The Hall–Kier alpha value is -1.31. The lowest BCUT2D eigenvalue weighted by atomic mass is 9.80. The molecule has 0 spiro atoms. The number of rotatable bonds is 2. The highest BCUT2D eigenvalue weighted by Gasteiger charge is 2.27. The number of carbonyl (C=O) groups excluding carboxylic acids is 1. The number of fused-ring (bicyclic) bond motifs is 1. The summed E-state index contributed by atoms with van der Waals surface area (Å²) in [6, 6.07) is 13.5. The van der Waals surface area contributed by atoms with Gasteiger partial charge in [-0.3, -0.25) is 4.79 Å². The third-order valence-electron chi connectivity index (χ3n) is 3.88. The number of hydrogen-bond acceptors (Lipinski definition) is 1. The fourth-order valence-corrected chi connectivity index (χ4v) is 3.13. The highest BCUT2D eigenvalue weighted by atomic mass is 35.5. The topological polar surface area (TPSA) is 17.1 Å². The van der Waals surface area contributed by atoms with Crippen molar-refractivity contribution in [3.8, 4) is 0 Å². The molecule has 0 aromatic heterocycles. The Kier molecular flexibility index (Phi) is 3.82. The summed E-state index contributed by atoms with van der Waals surface area (Å²) in [5.74, 6) is 0.292. The molecule has 102 valence electrons. The van der Waals surface area contributed by atoms with Gasteiger partial charge in [0.2, 0.25) is 0 Å². The molecule has 0 aliphatic heterocycles. The van der Waals surface area contributed by atoms with Crippen LogP contribution in [0.1, 0.15) is 27.9 Å². The van der Waals surface area contributed by atoms with E-state index in [0.29, 0.717) is 10.0 Å². The number of Topliss-reactive ketones (excluding diaryl/α,β-unsaturated/α-hetero) is 1. The fraction of sp³-hybridized carbons (Fsp3) is 0.235. The van der Waals surface area contributed by atoms with E-state index in [2.05, 4.69) is 0 Å². The highest BCUT2D eigenvalue weighted by Crippen LogP contribution is 2.30. The maximum Gasteiger partial charge on any atom is 0.166 e. The zero-order valence-electron chi connectivity index (χ0n) is 10.9. The molecular weight excluding hydrogens is 291 g/mol. The molecule has 3 heteroatoms. The third-order valence-corrected chi connectivity index (χ3v) is 4.62. The lowest BCUT2D eigenvalue weighted by molar-refractivity contribution is 0.0901. The van der Waals surface area contributed by atoms with Gasteiger partial charge in [0.15, 0.2) is 5.78 Å². The molecule has 2 aromatic carbocycles. The number of halogens is 2. The Bertz CT molecular complexity index is 664. The second kappa shape index (κ2) is 5.59. The number of benzene rings is 2. The molecule has 2 aromatic rings. The minimum atomic E-state index is 0.0437. The second-order valence-corrected chi connectivity index (χ2v) is 6.02. The van der Waals surface area contributed by atoms with Gasteiger partial charge in [-0.1, -0.05) is 53.5 Å².